The van der Waals surface area contributed by atoms with E-state index in [4.69, 9.17) is 0 Å². The van der Waals surface area contributed by atoms with Gasteiger partial charge in [-0.3, -0.25) is 9.59 Å². The molecule has 0 radical (unpaired) electrons. The van der Waals surface area contributed by atoms with Gasteiger partial charge in [-0.25, -0.2) is 0 Å². The predicted octanol–water partition coefficient (Wildman–Crippen LogP) is 0.552. The maximum atomic E-state index is 10.9. The van der Waals surface area contributed by atoms with Crippen molar-refractivity contribution in [3.8, 4) is 0 Å². The van der Waals surface area contributed by atoms with Crippen molar-refractivity contribution in [2.75, 3.05) is 0 Å². The van der Waals surface area contributed by atoms with Gasteiger partial charge in [0.1, 0.15) is 0 Å². The zero-order valence-electron chi connectivity index (χ0n) is 6.35. The highest BCUT2D eigenvalue weighted by Gasteiger charge is 2.21. The summed E-state index contributed by atoms with van der Waals surface area (Å²) in [7, 11) is 0. The van der Waals surface area contributed by atoms with E-state index in [1.54, 1.807) is 0 Å². The van der Waals surface area contributed by atoms with Gasteiger partial charge in [0.2, 0.25) is 10.9 Å². The van der Waals surface area contributed by atoms with Crippen LogP contribution < -0.4 is 10.9 Å². The van der Waals surface area contributed by atoms with Crippen LogP contribution in [0.25, 0.3) is 0 Å². The highest BCUT2D eigenvalue weighted by Crippen LogP contribution is 2.15. The molecule has 1 aromatic rings. The van der Waals surface area contributed by atoms with Gasteiger partial charge in [-0.2, -0.15) is 0 Å². The van der Waals surface area contributed by atoms with E-state index < -0.39 is 0 Å². The van der Waals surface area contributed by atoms with Crippen LogP contribution in [-0.4, -0.2) is 0 Å². The molecule has 0 heterocycles. The Morgan fingerprint density at radius 1 is 0.727 bits per heavy atom. The lowest BCUT2D eigenvalue weighted by atomic mass is 9.97. The molecule has 0 amide bonds. The summed E-state index contributed by atoms with van der Waals surface area (Å²) in [4.78, 5) is 21.9. The highest BCUT2D eigenvalue weighted by molar-refractivity contribution is 5.33. The fraction of sp³-hybridized carbons (Fsp3) is 0.556. The Labute approximate surface area is 64.6 Å². The van der Waals surface area contributed by atoms with E-state index in [-0.39, 0.29) is 10.9 Å². The summed E-state index contributed by atoms with van der Waals surface area (Å²) >= 11 is 0. The molecule has 2 heteroatoms. The highest BCUT2D eigenvalue weighted by atomic mass is 16.2. The third kappa shape index (κ3) is 0.854. The summed E-state index contributed by atoms with van der Waals surface area (Å²) in [6, 6.07) is 0. The first-order chi connectivity index (χ1) is 5.30. The quantitative estimate of drug-likeness (QED) is 0.400. The lowest BCUT2D eigenvalue weighted by Gasteiger charge is -2.04. The lowest BCUT2D eigenvalue weighted by molar-refractivity contribution is 0.712. The van der Waals surface area contributed by atoms with E-state index in [0.29, 0.717) is 0 Å². The first-order valence-electron chi connectivity index (χ1n) is 4.12. The Morgan fingerprint density at radius 2 is 1.18 bits per heavy atom. The molecule has 0 atom stereocenters. The van der Waals surface area contributed by atoms with Crippen LogP contribution in [0.3, 0.4) is 0 Å². The molecule has 0 aliphatic heterocycles. The largest absolute Gasteiger partial charge is 0.285 e. The van der Waals surface area contributed by atoms with Gasteiger partial charge >= 0.3 is 0 Å². The molecule has 0 spiro atoms. The number of rotatable bonds is 0. The van der Waals surface area contributed by atoms with Gasteiger partial charge in [0.15, 0.2) is 0 Å². The molecule has 2 nitrogen and oxygen atoms in total. The second kappa shape index (κ2) is 2.29. The topological polar surface area (TPSA) is 34.1 Å². The molecule has 0 bridgehead atoms. The van der Waals surface area contributed by atoms with Crippen molar-refractivity contribution in [1.29, 1.82) is 0 Å². The van der Waals surface area contributed by atoms with Crippen molar-refractivity contribution < 1.29 is 0 Å². The van der Waals surface area contributed by atoms with Crippen molar-refractivity contribution in [3.63, 3.8) is 0 Å². The van der Waals surface area contributed by atoms with Gasteiger partial charge in [-0.1, -0.05) is 6.42 Å². The van der Waals surface area contributed by atoms with Gasteiger partial charge in [0.05, 0.1) is 0 Å². The third-order valence-electron chi connectivity index (χ3n) is 2.47. The summed E-state index contributed by atoms with van der Waals surface area (Å²) in [6.45, 7) is 0. The van der Waals surface area contributed by atoms with Crippen molar-refractivity contribution in [2.24, 2.45) is 0 Å². The fourth-order valence-electron chi connectivity index (χ4n) is 1.79. The molecule has 0 unspecified atom stereocenters. The minimum atomic E-state index is -0.207. The van der Waals surface area contributed by atoms with E-state index in [0.717, 1.165) is 43.2 Å². The van der Waals surface area contributed by atoms with Gasteiger partial charge in [0.25, 0.3) is 0 Å². The first-order valence-corrected chi connectivity index (χ1v) is 4.12. The molecule has 0 saturated carbocycles. The second-order valence-corrected chi connectivity index (χ2v) is 3.18. The van der Waals surface area contributed by atoms with Crippen LogP contribution in [0.2, 0.25) is 0 Å². The predicted molar refractivity (Wildman–Crippen MR) is 42.6 cm³/mol. The average molecular weight is 150 g/mol. The third-order valence-corrected chi connectivity index (χ3v) is 2.47. The number of fused-ring (bicyclic) bond motifs is 1. The SMILES string of the molecule is O=c1c2c(c1=O)CCCCC2. The minimum absolute atomic E-state index is 0.207. The minimum Gasteiger partial charge on any atom is -0.285 e. The maximum absolute atomic E-state index is 10.9. The standard InChI is InChI=1S/C9H10O2/c10-8-6-4-2-1-3-5-7(6)9(8)11/h1-5H2. The molecule has 0 saturated heterocycles. The Kier molecular flexibility index (Phi) is 1.41. The molecule has 2 rings (SSSR count). The first kappa shape index (κ1) is 6.77. The van der Waals surface area contributed by atoms with Crippen molar-refractivity contribution in [3.05, 3.63) is 31.6 Å². The van der Waals surface area contributed by atoms with Crippen LogP contribution in [0.15, 0.2) is 9.59 Å². The maximum Gasteiger partial charge on any atom is 0.229 e. The monoisotopic (exact) mass is 150 g/mol. The van der Waals surface area contributed by atoms with Crippen LogP contribution >= 0.6 is 0 Å². The molecule has 0 aromatic heterocycles. The van der Waals surface area contributed by atoms with Gasteiger partial charge in [0, 0.05) is 11.1 Å². The molecule has 0 fully saturated rings. The second-order valence-electron chi connectivity index (χ2n) is 3.18. The Morgan fingerprint density at radius 3 is 1.64 bits per heavy atom. The summed E-state index contributed by atoms with van der Waals surface area (Å²) in [6.07, 6.45) is 5.02. The smallest absolute Gasteiger partial charge is 0.229 e. The Balaban J connectivity index is 2.45. The van der Waals surface area contributed by atoms with Crippen LogP contribution in [0.5, 0.6) is 0 Å². The normalized spacial score (nSPS) is 17.8. The summed E-state index contributed by atoms with van der Waals surface area (Å²) in [5.74, 6) is 0. The number of hydrogen-bond donors (Lipinski definition) is 0. The molecule has 1 aliphatic carbocycles. The van der Waals surface area contributed by atoms with Gasteiger partial charge < -0.3 is 0 Å². The zero-order valence-corrected chi connectivity index (χ0v) is 6.35. The van der Waals surface area contributed by atoms with Crippen LogP contribution in [0.4, 0.5) is 0 Å². The van der Waals surface area contributed by atoms with E-state index in [9.17, 15) is 9.59 Å². The molecule has 11 heavy (non-hydrogen) atoms. The number of hydrogen-bond acceptors (Lipinski definition) is 2. The molecule has 1 aromatic carbocycles. The molecular weight excluding hydrogens is 140 g/mol. The van der Waals surface area contributed by atoms with E-state index >= 15 is 0 Å². The van der Waals surface area contributed by atoms with Crippen LogP contribution in [0.1, 0.15) is 30.4 Å². The fourth-order valence-corrected chi connectivity index (χ4v) is 1.79. The summed E-state index contributed by atoms with van der Waals surface area (Å²) < 4.78 is 0. The molecule has 0 N–H and O–H groups in total. The van der Waals surface area contributed by atoms with Crippen molar-refractivity contribution >= 4 is 0 Å². The summed E-state index contributed by atoms with van der Waals surface area (Å²) in [5, 5.41) is 0. The lowest BCUT2D eigenvalue weighted by Crippen LogP contribution is -2.39. The van der Waals surface area contributed by atoms with E-state index in [1.807, 2.05) is 0 Å². The van der Waals surface area contributed by atoms with E-state index in [1.165, 1.54) is 0 Å². The van der Waals surface area contributed by atoms with Gasteiger partial charge in [-0.15, -0.1) is 0 Å². The van der Waals surface area contributed by atoms with Crippen LogP contribution in [0, 0.1) is 0 Å². The Hall–Kier alpha value is -0.920. The zero-order chi connectivity index (χ0) is 7.84. The van der Waals surface area contributed by atoms with Crippen molar-refractivity contribution in [1.82, 2.24) is 0 Å². The van der Waals surface area contributed by atoms with E-state index in [2.05, 4.69) is 0 Å². The molecular formula is C9H10O2. The van der Waals surface area contributed by atoms with Gasteiger partial charge in [-0.05, 0) is 25.7 Å². The summed E-state index contributed by atoms with van der Waals surface area (Å²) in [5.41, 5.74) is 1.27. The van der Waals surface area contributed by atoms with Crippen LogP contribution in [-0.2, 0) is 12.8 Å². The Bertz CT molecular complexity index is 308. The molecule has 58 valence electrons. The van der Waals surface area contributed by atoms with Crippen molar-refractivity contribution in [2.45, 2.75) is 32.1 Å². The average Bonchev–Trinajstić information content (AvgIpc) is 2.25. The molecule has 1 aliphatic rings.